The minimum Gasteiger partial charge on any atom is -0.486 e. The molecule has 31 heavy (non-hydrogen) atoms. The Kier molecular flexibility index (Phi) is 6.48. The van der Waals surface area contributed by atoms with Crippen LogP contribution in [-0.2, 0) is 4.79 Å². The summed E-state index contributed by atoms with van der Waals surface area (Å²) in [5.41, 5.74) is 1.59. The van der Waals surface area contributed by atoms with E-state index in [1.54, 1.807) is 30.3 Å². The molecular formula is C23H22BrN3O4. The molecule has 2 N–H and O–H groups in total. The maximum absolute atomic E-state index is 12.4. The molecule has 1 aliphatic carbocycles. The predicted octanol–water partition coefficient (Wildman–Crippen LogP) is 4.29. The number of halogens is 1. The van der Waals surface area contributed by atoms with E-state index in [0.717, 1.165) is 15.8 Å². The lowest BCUT2D eigenvalue weighted by atomic mass is 10.2. The molecule has 0 spiro atoms. The van der Waals surface area contributed by atoms with Crippen molar-refractivity contribution in [3.8, 4) is 17.1 Å². The lowest BCUT2D eigenvalue weighted by molar-refractivity contribution is -0.109. The van der Waals surface area contributed by atoms with Gasteiger partial charge in [0.2, 0.25) is 5.58 Å². The normalized spacial score (nSPS) is 13.1. The molecule has 0 amide bonds. The van der Waals surface area contributed by atoms with Gasteiger partial charge in [-0.1, -0.05) is 28.1 Å². The van der Waals surface area contributed by atoms with Gasteiger partial charge in [-0.25, -0.2) is 4.98 Å². The van der Waals surface area contributed by atoms with Crippen LogP contribution in [0.5, 0.6) is 5.75 Å². The first kappa shape index (κ1) is 21.3. The number of hydrogen-bond donors (Lipinski definition) is 2. The second kappa shape index (κ2) is 9.45. The molecule has 7 nitrogen and oxygen atoms in total. The number of nitrogens with one attached hydrogen (secondary N) is 2. The third-order valence-corrected chi connectivity index (χ3v) is 5.39. The third-order valence-electron chi connectivity index (χ3n) is 4.90. The first-order valence-corrected chi connectivity index (χ1v) is 10.8. The number of furan rings is 1. The van der Waals surface area contributed by atoms with Crippen LogP contribution < -0.4 is 15.6 Å². The van der Waals surface area contributed by atoms with Crippen molar-refractivity contribution in [3.05, 3.63) is 57.3 Å². The molecule has 2 heterocycles. The number of hydrogen-bond acceptors (Lipinski definition) is 6. The molecule has 5 rings (SSSR count). The number of fused-ring (bicyclic) bond motifs is 3. The zero-order valence-electron chi connectivity index (χ0n) is 17.0. The van der Waals surface area contributed by atoms with Crippen LogP contribution in [0.4, 0.5) is 0 Å². The van der Waals surface area contributed by atoms with Gasteiger partial charge in [-0.3, -0.25) is 9.59 Å². The number of carbonyl (C=O) groups excluding carboxylic acids is 1. The molecule has 0 unspecified atom stereocenters. The van der Waals surface area contributed by atoms with Gasteiger partial charge >= 0.3 is 0 Å². The van der Waals surface area contributed by atoms with Gasteiger partial charge in [0.15, 0.2) is 6.29 Å². The van der Waals surface area contributed by atoms with Crippen molar-refractivity contribution in [2.45, 2.75) is 12.8 Å². The molecule has 0 saturated heterocycles. The number of aromatic amines is 1. The van der Waals surface area contributed by atoms with E-state index in [1.165, 1.54) is 19.4 Å². The molecule has 0 bridgehead atoms. The van der Waals surface area contributed by atoms with Gasteiger partial charge in [-0.05, 0) is 62.7 Å². The summed E-state index contributed by atoms with van der Waals surface area (Å²) in [7, 11) is 2.01. The molecular weight excluding hydrogens is 462 g/mol. The Bertz CT molecular complexity index is 1280. The summed E-state index contributed by atoms with van der Waals surface area (Å²) < 4.78 is 11.8. The SMILES string of the molecule is CNCC1CC1.O=CCOc1cccc(-c2nc3c(oc4ccc(Br)cc43)c(=O)[nH]2)c1. The Morgan fingerprint density at radius 2 is 2.13 bits per heavy atom. The van der Waals surface area contributed by atoms with E-state index in [4.69, 9.17) is 9.15 Å². The van der Waals surface area contributed by atoms with Gasteiger partial charge in [-0.2, -0.15) is 0 Å². The van der Waals surface area contributed by atoms with E-state index in [-0.39, 0.29) is 17.7 Å². The second-order valence-corrected chi connectivity index (χ2v) is 8.26. The molecule has 8 heteroatoms. The van der Waals surface area contributed by atoms with Crippen LogP contribution >= 0.6 is 15.9 Å². The average Bonchev–Trinajstić information content (AvgIpc) is 3.52. The number of benzene rings is 2. The number of aldehydes is 1. The fraction of sp³-hybridized carbons (Fsp3) is 0.261. The van der Waals surface area contributed by atoms with Crippen LogP contribution in [0.1, 0.15) is 12.8 Å². The van der Waals surface area contributed by atoms with Gasteiger partial charge in [-0.15, -0.1) is 0 Å². The number of carbonyl (C=O) groups is 1. The van der Waals surface area contributed by atoms with Crippen LogP contribution in [0.2, 0.25) is 0 Å². The van der Waals surface area contributed by atoms with E-state index in [1.807, 2.05) is 19.2 Å². The number of rotatable bonds is 6. The highest BCUT2D eigenvalue weighted by Crippen LogP contribution is 2.29. The molecule has 4 aromatic rings. The Morgan fingerprint density at radius 1 is 1.29 bits per heavy atom. The van der Waals surface area contributed by atoms with Crippen LogP contribution in [0, 0.1) is 5.92 Å². The molecule has 2 aromatic carbocycles. The van der Waals surface area contributed by atoms with Gasteiger partial charge in [0.05, 0.1) is 0 Å². The minimum atomic E-state index is -0.355. The smallest absolute Gasteiger partial charge is 0.294 e. The van der Waals surface area contributed by atoms with Crippen molar-refractivity contribution in [3.63, 3.8) is 0 Å². The first-order valence-electron chi connectivity index (χ1n) is 10.0. The van der Waals surface area contributed by atoms with Gasteiger partial charge in [0, 0.05) is 15.4 Å². The highest BCUT2D eigenvalue weighted by molar-refractivity contribution is 9.10. The van der Waals surface area contributed by atoms with Crippen LogP contribution in [-0.4, -0.2) is 36.5 Å². The zero-order valence-corrected chi connectivity index (χ0v) is 18.6. The number of ether oxygens (including phenoxy) is 1. The molecule has 0 radical (unpaired) electrons. The molecule has 0 atom stereocenters. The highest BCUT2D eigenvalue weighted by Gasteiger charge is 2.19. The number of H-pyrrole nitrogens is 1. The summed E-state index contributed by atoms with van der Waals surface area (Å²) >= 11 is 3.42. The molecule has 160 valence electrons. The van der Waals surface area contributed by atoms with E-state index >= 15 is 0 Å². The Balaban J connectivity index is 0.000000334. The zero-order chi connectivity index (χ0) is 21.8. The molecule has 1 aliphatic rings. The van der Waals surface area contributed by atoms with Gasteiger partial charge in [0.25, 0.3) is 5.56 Å². The van der Waals surface area contributed by atoms with Crippen molar-refractivity contribution in [1.82, 2.24) is 15.3 Å². The lowest BCUT2D eigenvalue weighted by Gasteiger charge is -2.05. The summed E-state index contributed by atoms with van der Waals surface area (Å²) in [5.74, 6) is 1.96. The van der Waals surface area contributed by atoms with Gasteiger partial charge < -0.3 is 19.5 Å². The Morgan fingerprint density at radius 3 is 2.84 bits per heavy atom. The lowest BCUT2D eigenvalue weighted by Crippen LogP contribution is -2.08. The largest absolute Gasteiger partial charge is 0.486 e. The summed E-state index contributed by atoms with van der Waals surface area (Å²) in [6.45, 7) is 1.20. The Labute approximate surface area is 186 Å². The quantitative estimate of drug-likeness (QED) is 0.397. The van der Waals surface area contributed by atoms with Crippen molar-refractivity contribution in [2.24, 2.45) is 5.92 Å². The van der Waals surface area contributed by atoms with Crippen molar-refractivity contribution >= 4 is 44.3 Å². The fourth-order valence-corrected chi connectivity index (χ4v) is 3.60. The van der Waals surface area contributed by atoms with E-state index in [9.17, 15) is 9.59 Å². The van der Waals surface area contributed by atoms with Crippen molar-refractivity contribution < 1.29 is 13.9 Å². The monoisotopic (exact) mass is 483 g/mol. The van der Waals surface area contributed by atoms with Gasteiger partial charge in [0.1, 0.15) is 29.3 Å². The number of aromatic nitrogens is 2. The second-order valence-electron chi connectivity index (χ2n) is 7.34. The fourth-order valence-electron chi connectivity index (χ4n) is 3.24. The molecule has 1 saturated carbocycles. The summed E-state index contributed by atoms with van der Waals surface area (Å²) in [6, 6.07) is 12.5. The predicted molar refractivity (Wildman–Crippen MR) is 123 cm³/mol. The molecule has 2 aromatic heterocycles. The van der Waals surface area contributed by atoms with E-state index in [0.29, 0.717) is 34.5 Å². The molecule has 0 aliphatic heterocycles. The minimum absolute atomic E-state index is 0.0349. The maximum Gasteiger partial charge on any atom is 0.294 e. The third kappa shape index (κ3) is 5.03. The maximum atomic E-state index is 12.4. The standard InChI is InChI=1S/C18H11BrN2O4.C5H11N/c19-11-4-5-14-13(9-11)15-16(25-14)18(23)21-17(20-15)10-2-1-3-12(8-10)24-7-6-22;1-6-4-5-2-3-5/h1-6,8-9H,7H2,(H,20,21,23);5-6H,2-4H2,1H3. The van der Waals surface area contributed by atoms with Crippen LogP contribution in [0.25, 0.3) is 33.5 Å². The van der Waals surface area contributed by atoms with Crippen molar-refractivity contribution in [2.75, 3.05) is 20.2 Å². The summed E-state index contributed by atoms with van der Waals surface area (Å²) in [6.07, 6.45) is 3.59. The summed E-state index contributed by atoms with van der Waals surface area (Å²) in [4.78, 5) is 30.1. The average molecular weight is 484 g/mol. The topological polar surface area (TPSA) is 97.2 Å². The van der Waals surface area contributed by atoms with Crippen molar-refractivity contribution in [1.29, 1.82) is 0 Å². The summed E-state index contributed by atoms with van der Waals surface area (Å²) in [5, 5.41) is 3.88. The van der Waals surface area contributed by atoms with E-state index < -0.39 is 0 Å². The number of nitrogens with zero attached hydrogens (tertiary/aromatic N) is 1. The molecule has 1 fully saturated rings. The Hall–Kier alpha value is -2.97. The highest BCUT2D eigenvalue weighted by atomic mass is 79.9. The van der Waals surface area contributed by atoms with Crippen LogP contribution in [0.15, 0.2) is 56.1 Å². The first-order chi connectivity index (χ1) is 15.1. The van der Waals surface area contributed by atoms with E-state index in [2.05, 4.69) is 31.2 Å². The van der Waals surface area contributed by atoms with Crippen LogP contribution in [0.3, 0.4) is 0 Å².